The molecule has 1 aliphatic rings. The maximum absolute atomic E-state index is 14.7. The van der Waals surface area contributed by atoms with Crippen LogP contribution in [0, 0.1) is 5.82 Å². The number of nitrogens with zero attached hydrogens (tertiary/aromatic N) is 6. The summed E-state index contributed by atoms with van der Waals surface area (Å²) >= 11 is 0. The number of halogens is 3. The number of nitrogens with one attached hydrogen (secondary N) is 2. The zero-order valence-electron chi connectivity index (χ0n) is 24.8. The largest absolute Gasteiger partial charge is 0.492 e. The van der Waals surface area contributed by atoms with Crippen molar-refractivity contribution in [3.05, 3.63) is 78.5 Å². The minimum Gasteiger partial charge on any atom is -0.492 e. The standard InChI is InChI=1S/C33H31F3N8O/c1-43(2)9-10-45-25-13-22(12-24(34)15-25)26-5-7-38-31-29(26)39-32(40-31)30-27-14-21(3-4-28(27)41-42-30)23-11-20(16-37-17-23)18-44-8-6-33(35,36)19-44/h3-5,7,11-17H,6,8-10,18-19H2,1-2H3,(H,41,42)(H,38,39,40). The van der Waals surface area contributed by atoms with Crippen molar-refractivity contribution >= 4 is 22.1 Å². The fourth-order valence-corrected chi connectivity index (χ4v) is 5.72. The molecule has 2 aromatic carbocycles. The van der Waals surface area contributed by atoms with Crippen molar-refractivity contribution < 1.29 is 17.9 Å². The molecule has 7 rings (SSSR count). The van der Waals surface area contributed by atoms with Crippen molar-refractivity contribution in [2.45, 2.75) is 18.9 Å². The summed E-state index contributed by atoms with van der Waals surface area (Å²) in [5.74, 6) is -2.09. The summed E-state index contributed by atoms with van der Waals surface area (Å²) in [6.07, 6.45) is 5.01. The quantitative estimate of drug-likeness (QED) is 0.202. The van der Waals surface area contributed by atoms with Crippen molar-refractivity contribution in [1.29, 1.82) is 0 Å². The van der Waals surface area contributed by atoms with Gasteiger partial charge in [-0.2, -0.15) is 5.10 Å². The van der Waals surface area contributed by atoms with Gasteiger partial charge < -0.3 is 14.6 Å². The first-order valence-electron chi connectivity index (χ1n) is 14.7. The molecule has 0 saturated carbocycles. The van der Waals surface area contributed by atoms with Crippen molar-refractivity contribution in [1.82, 2.24) is 39.9 Å². The van der Waals surface area contributed by atoms with E-state index in [1.807, 2.05) is 55.4 Å². The number of benzene rings is 2. The zero-order chi connectivity index (χ0) is 31.1. The van der Waals surface area contributed by atoms with E-state index < -0.39 is 11.7 Å². The second-order valence-electron chi connectivity index (χ2n) is 11.7. The van der Waals surface area contributed by atoms with Gasteiger partial charge in [-0.1, -0.05) is 6.07 Å². The molecule has 1 fully saturated rings. The topological polar surface area (TPSA) is 98.8 Å². The van der Waals surface area contributed by atoms with Crippen LogP contribution in [0.15, 0.2) is 67.1 Å². The van der Waals surface area contributed by atoms with E-state index in [1.54, 1.807) is 23.5 Å². The summed E-state index contributed by atoms with van der Waals surface area (Å²) in [6, 6.07) is 14.3. The fourth-order valence-electron chi connectivity index (χ4n) is 5.72. The maximum atomic E-state index is 14.7. The summed E-state index contributed by atoms with van der Waals surface area (Å²) in [5.41, 5.74) is 6.55. The third kappa shape index (κ3) is 6.11. The highest BCUT2D eigenvalue weighted by Crippen LogP contribution is 2.34. The monoisotopic (exact) mass is 612 g/mol. The molecule has 9 nitrogen and oxygen atoms in total. The van der Waals surface area contributed by atoms with Gasteiger partial charge in [-0.05, 0) is 67.2 Å². The Kier molecular flexibility index (Phi) is 7.46. The Morgan fingerprint density at radius 3 is 2.73 bits per heavy atom. The molecule has 0 bridgehead atoms. The minimum atomic E-state index is -2.64. The number of aromatic amines is 2. The molecule has 0 atom stereocenters. The van der Waals surface area contributed by atoms with Crippen molar-refractivity contribution in [2.24, 2.45) is 0 Å². The number of likely N-dealkylation sites (tertiary alicyclic amines) is 1. The zero-order valence-corrected chi connectivity index (χ0v) is 24.8. The number of hydrogen-bond acceptors (Lipinski definition) is 7. The van der Waals surface area contributed by atoms with Gasteiger partial charge in [-0.25, -0.2) is 23.1 Å². The molecule has 0 amide bonds. The fraction of sp³-hybridized carbons (Fsp3) is 0.273. The lowest BCUT2D eigenvalue weighted by Crippen LogP contribution is -2.24. The molecule has 12 heteroatoms. The molecule has 1 saturated heterocycles. The van der Waals surface area contributed by atoms with Crippen LogP contribution in [-0.2, 0) is 6.54 Å². The number of imidazole rings is 1. The summed E-state index contributed by atoms with van der Waals surface area (Å²) in [6.45, 7) is 1.68. The van der Waals surface area contributed by atoms with E-state index in [9.17, 15) is 13.2 Å². The number of rotatable bonds is 9. The Balaban J connectivity index is 1.20. The van der Waals surface area contributed by atoms with Crippen LogP contribution in [0.5, 0.6) is 5.75 Å². The average Bonchev–Trinajstić information content (AvgIpc) is 3.72. The number of pyridine rings is 2. The van der Waals surface area contributed by atoms with Crippen LogP contribution in [-0.4, -0.2) is 86.2 Å². The van der Waals surface area contributed by atoms with E-state index in [4.69, 9.17) is 9.72 Å². The average molecular weight is 613 g/mol. The van der Waals surface area contributed by atoms with Crippen LogP contribution in [0.4, 0.5) is 13.2 Å². The predicted octanol–water partition coefficient (Wildman–Crippen LogP) is 6.15. The Morgan fingerprint density at radius 2 is 1.91 bits per heavy atom. The van der Waals surface area contributed by atoms with Gasteiger partial charge >= 0.3 is 0 Å². The van der Waals surface area contributed by atoms with Crippen molar-refractivity contribution in [3.63, 3.8) is 0 Å². The molecule has 5 heterocycles. The third-order valence-corrected chi connectivity index (χ3v) is 7.95. The molecule has 2 N–H and O–H groups in total. The lowest BCUT2D eigenvalue weighted by atomic mass is 10.0. The van der Waals surface area contributed by atoms with E-state index in [-0.39, 0.29) is 13.0 Å². The van der Waals surface area contributed by atoms with Gasteiger partial charge in [0.25, 0.3) is 5.92 Å². The highest BCUT2D eigenvalue weighted by molar-refractivity contribution is 5.97. The Bertz CT molecular complexity index is 2000. The van der Waals surface area contributed by atoms with E-state index in [0.29, 0.717) is 60.2 Å². The molecule has 230 valence electrons. The minimum absolute atomic E-state index is 0.117. The molecule has 0 radical (unpaired) electrons. The smallest absolute Gasteiger partial charge is 0.261 e. The van der Waals surface area contributed by atoms with Gasteiger partial charge in [0.05, 0.1) is 17.6 Å². The van der Waals surface area contributed by atoms with E-state index in [0.717, 1.165) is 33.2 Å². The molecule has 4 aromatic heterocycles. The number of likely N-dealkylation sites (N-methyl/N-ethyl adjacent to an activating group) is 1. The number of ether oxygens (including phenoxy) is 1. The van der Waals surface area contributed by atoms with Crippen LogP contribution in [0.1, 0.15) is 12.0 Å². The van der Waals surface area contributed by atoms with Gasteiger partial charge in [-0.15, -0.1) is 0 Å². The molecule has 0 spiro atoms. The number of fused-ring (bicyclic) bond motifs is 2. The van der Waals surface area contributed by atoms with Crippen LogP contribution in [0.2, 0.25) is 0 Å². The van der Waals surface area contributed by atoms with Crippen LogP contribution < -0.4 is 4.74 Å². The van der Waals surface area contributed by atoms with Crippen LogP contribution >= 0.6 is 0 Å². The molecule has 0 unspecified atom stereocenters. The second-order valence-corrected chi connectivity index (χ2v) is 11.7. The Hall–Kier alpha value is -4.81. The number of aromatic nitrogens is 6. The molecule has 0 aliphatic carbocycles. The molecular formula is C33H31F3N8O. The van der Waals surface area contributed by atoms with E-state index in [2.05, 4.69) is 25.1 Å². The van der Waals surface area contributed by atoms with Gasteiger partial charge in [0.1, 0.15) is 23.9 Å². The predicted molar refractivity (Wildman–Crippen MR) is 166 cm³/mol. The summed E-state index contributed by atoms with van der Waals surface area (Å²) in [5, 5.41) is 8.46. The first-order chi connectivity index (χ1) is 21.7. The normalized spacial score (nSPS) is 15.1. The van der Waals surface area contributed by atoms with Crippen LogP contribution in [0.3, 0.4) is 0 Å². The lowest BCUT2D eigenvalue weighted by Gasteiger charge is -2.15. The molecule has 6 aromatic rings. The molecule has 45 heavy (non-hydrogen) atoms. The van der Waals surface area contributed by atoms with E-state index >= 15 is 0 Å². The number of H-pyrrole nitrogens is 2. The summed E-state index contributed by atoms with van der Waals surface area (Å²) in [4.78, 5) is 20.7. The Morgan fingerprint density at radius 1 is 1.02 bits per heavy atom. The number of hydrogen-bond donors (Lipinski definition) is 2. The van der Waals surface area contributed by atoms with Crippen molar-refractivity contribution in [3.8, 4) is 39.5 Å². The summed E-state index contributed by atoms with van der Waals surface area (Å²) in [7, 11) is 3.90. The van der Waals surface area contributed by atoms with Gasteiger partial charge in [0, 0.05) is 67.2 Å². The van der Waals surface area contributed by atoms with Gasteiger partial charge in [0.15, 0.2) is 11.5 Å². The first-order valence-corrected chi connectivity index (χ1v) is 14.7. The Labute approximate surface area is 257 Å². The number of alkyl halides is 2. The first kappa shape index (κ1) is 28.9. The highest BCUT2D eigenvalue weighted by atomic mass is 19.3. The van der Waals surface area contributed by atoms with Gasteiger partial charge in [0.2, 0.25) is 0 Å². The maximum Gasteiger partial charge on any atom is 0.261 e. The second kappa shape index (κ2) is 11.6. The molecule has 1 aliphatic heterocycles. The highest BCUT2D eigenvalue weighted by Gasteiger charge is 2.37. The van der Waals surface area contributed by atoms with Crippen molar-refractivity contribution in [2.75, 3.05) is 40.3 Å². The van der Waals surface area contributed by atoms with E-state index in [1.165, 1.54) is 12.1 Å². The molecular weight excluding hydrogens is 581 g/mol. The lowest BCUT2D eigenvalue weighted by molar-refractivity contribution is 0.0115. The summed E-state index contributed by atoms with van der Waals surface area (Å²) < 4.78 is 47.9. The third-order valence-electron chi connectivity index (χ3n) is 7.95. The SMILES string of the molecule is CN(C)CCOc1cc(F)cc(-c2ccnc3nc(-c4n[nH]c5ccc(-c6cncc(CN7CCC(F)(F)C7)c6)cc45)[nH]c23)c1. The van der Waals surface area contributed by atoms with Gasteiger partial charge in [-0.3, -0.25) is 15.0 Å². The van der Waals surface area contributed by atoms with Crippen LogP contribution in [0.25, 0.3) is 55.8 Å².